The number of carbonyl (C=O) groups is 1. The molecular weight excluding hydrogens is 194 g/mol. The molecule has 1 heterocycles. The lowest BCUT2D eigenvalue weighted by Crippen LogP contribution is -2.22. The molecule has 0 bridgehead atoms. The standard InChI is InChI=1S/C11H13NO3/c1-2-12-6-9(13)8-3-4-10-11(5-8)15-7-14-10/h3-5,12H,2,6-7H2,1H3. The quantitative estimate of drug-likeness (QED) is 0.754. The Bertz CT molecular complexity index is 376. The van der Waals surface area contributed by atoms with Crippen LogP contribution in [0.5, 0.6) is 11.5 Å². The molecule has 80 valence electrons. The first kappa shape index (κ1) is 9.98. The average Bonchev–Trinajstić information content (AvgIpc) is 2.72. The Morgan fingerprint density at radius 3 is 3.00 bits per heavy atom. The van der Waals surface area contributed by atoms with E-state index in [9.17, 15) is 4.79 Å². The fourth-order valence-corrected chi connectivity index (χ4v) is 1.41. The molecule has 0 spiro atoms. The highest BCUT2D eigenvalue weighted by Crippen LogP contribution is 2.32. The van der Waals surface area contributed by atoms with Crippen LogP contribution in [0.1, 0.15) is 17.3 Å². The van der Waals surface area contributed by atoms with Crippen molar-refractivity contribution in [2.75, 3.05) is 19.9 Å². The number of likely N-dealkylation sites (N-methyl/N-ethyl adjacent to an activating group) is 1. The molecule has 0 fully saturated rings. The molecule has 0 saturated heterocycles. The van der Waals surface area contributed by atoms with E-state index in [0.717, 1.165) is 6.54 Å². The van der Waals surface area contributed by atoms with Crippen LogP contribution in [0, 0.1) is 0 Å². The summed E-state index contributed by atoms with van der Waals surface area (Å²) < 4.78 is 10.4. The summed E-state index contributed by atoms with van der Waals surface area (Å²) in [5, 5.41) is 2.99. The van der Waals surface area contributed by atoms with Crippen LogP contribution in [0.4, 0.5) is 0 Å². The molecule has 4 nitrogen and oxygen atoms in total. The number of rotatable bonds is 4. The second-order valence-electron chi connectivity index (χ2n) is 3.27. The summed E-state index contributed by atoms with van der Waals surface area (Å²) in [6, 6.07) is 5.25. The van der Waals surface area contributed by atoms with Gasteiger partial charge in [0.2, 0.25) is 6.79 Å². The number of carbonyl (C=O) groups excluding carboxylic acids is 1. The lowest BCUT2D eigenvalue weighted by Gasteiger charge is -2.02. The van der Waals surface area contributed by atoms with E-state index in [2.05, 4.69) is 5.32 Å². The second-order valence-corrected chi connectivity index (χ2v) is 3.27. The second kappa shape index (κ2) is 4.31. The smallest absolute Gasteiger partial charge is 0.231 e. The Balaban J connectivity index is 2.12. The molecule has 0 unspecified atom stereocenters. The van der Waals surface area contributed by atoms with Crippen molar-refractivity contribution >= 4 is 5.78 Å². The Kier molecular flexibility index (Phi) is 2.87. The van der Waals surface area contributed by atoms with Crippen molar-refractivity contribution in [2.45, 2.75) is 6.92 Å². The molecule has 0 atom stereocenters. The van der Waals surface area contributed by atoms with Crippen LogP contribution in [0.3, 0.4) is 0 Å². The van der Waals surface area contributed by atoms with E-state index in [1.807, 2.05) is 6.92 Å². The van der Waals surface area contributed by atoms with Crippen molar-refractivity contribution in [2.24, 2.45) is 0 Å². The Morgan fingerprint density at radius 2 is 2.20 bits per heavy atom. The fraction of sp³-hybridized carbons (Fsp3) is 0.364. The van der Waals surface area contributed by atoms with Crippen molar-refractivity contribution in [3.63, 3.8) is 0 Å². The number of ether oxygens (including phenoxy) is 2. The minimum atomic E-state index is 0.0650. The monoisotopic (exact) mass is 207 g/mol. The van der Waals surface area contributed by atoms with Gasteiger partial charge in [-0.3, -0.25) is 4.79 Å². The predicted octanol–water partition coefficient (Wildman–Crippen LogP) is 1.21. The summed E-state index contributed by atoms with van der Waals surface area (Å²) in [5.74, 6) is 1.42. The largest absolute Gasteiger partial charge is 0.454 e. The van der Waals surface area contributed by atoms with Crippen LogP contribution >= 0.6 is 0 Å². The highest BCUT2D eigenvalue weighted by atomic mass is 16.7. The molecule has 1 aliphatic rings. The Labute approximate surface area is 88.2 Å². The normalized spacial score (nSPS) is 12.9. The number of ketones is 1. The van der Waals surface area contributed by atoms with E-state index < -0.39 is 0 Å². The van der Waals surface area contributed by atoms with E-state index in [4.69, 9.17) is 9.47 Å². The van der Waals surface area contributed by atoms with Crippen LogP contribution in [0.15, 0.2) is 18.2 Å². The lowest BCUT2D eigenvalue weighted by molar-refractivity contribution is 0.0991. The van der Waals surface area contributed by atoms with E-state index in [1.54, 1.807) is 18.2 Å². The van der Waals surface area contributed by atoms with Gasteiger partial charge in [-0.15, -0.1) is 0 Å². The molecule has 1 aromatic carbocycles. The average molecular weight is 207 g/mol. The van der Waals surface area contributed by atoms with Crippen molar-refractivity contribution in [1.29, 1.82) is 0 Å². The third-order valence-corrected chi connectivity index (χ3v) is 2.23. The molecule has 1 N–H and O–H groups in total. The van der Waals surface area contributed by atoms with E-state index in [0.29, 0.717) is 23.6 Å². The first-order valence-electron chi connectivity index (χ1n) is 4.95. The minimum Gasteiger partial charge on any atom is -0.454 e. The van der Waals surface area contributed by atoms with Gasteiger partial charge >= 0.3 is 0 Å². The van der Waals surface area contributed by atoms with Crippen molar-refractivity contribution in [1.82, 2.24) is 5.32 Å². The molecule has 0 amide bonds. The SMILES string of the molecule is CCNCC(=O)c1ccc2c(c1)OCO2. The van der Waals surface area contributed by atoms with Gasteiger partial charge in [-0.1, -0.05) is 6.92 Å². The first-order valence-corrected chi connectivity index (χ1v) is 4.95. The number of Topliss-reactive ketones (excluding diaryl/α,β-unsaturated/α-hetero) is 1. The van der Waals surface area contributed by atoms with Gasteiger partial charge in [-0.05, 0) is 24.7 Å². The third-order valence-electron chi connectivity index (χ3n) is 2.23. The zero-order chi connectivity index (χ0) is 10.7. The van der Waals surface area contributed by atoms with Gasteiger partial charge in [0.15, 0.2) is 17.3 Å². The van der Waals surface area contributed by atoms with Gasteiger partial charge in [0, 0.05) is 5.56 Å². The van der Waals surface area contributed by atoms with Gasteiger partial charge < -0.3 is 14.8 Å². The maximum Gasteiger partial charge on any atom is 0.231 e. The van der Waals surface area contributed by atoms with Crippen molar-refractivity contribution in [3.05, 3.63) is 23.8 Å². The minimum absolute atomic E-state index is 0.0650. The van der Waals surface area contributed by atoms with Gasteiger partial charge in [-0.2, -0.15) is 0 Å². The fourth-order valence-electron chi connectivity index (χ4n) is 1.41. The maximum absolute atomic E-state index is 11.6. The van der Waals surface area contributed by atoms with Crippen LogP contribution in [0.25, 0.3) is 0 Å². The van der Waals surface area contributed by atoms with E-state index >= 15 is 0 Å². The summed E-state index contributed by atoms with van der Waals surface area (Å²) in [4.78, 5) is 11.6. The number of hydrogen-bond donors (Lipinski definition) is 1. The van der Waals surface area contributed by atoms with Crippen LogP contribution in [-0.2, 0) is 0 Å². The molecule has 1 aromatic rings. The molecule has 15 heavy (non-hydrogen) atoms. The van der Waals surface area contributed by atoms with E-state index in [-0.39, 0.29) is 12.6 Å². The Hall–Kier alpha value is -1.55. The predicted molar refractivity (Wildman–Crippen MR) is 55.4 cm³/mol. The zero-order valence-corrected chi connectivity index (χ0v) is 8.58. The van der Waals surface area contributed by atoms with Crippen molar-refractivity contribution < 1.29 is 14.3 Å². The molecule has 4 heteroatoms. The molecule has 2 rings (SSSR count). The third kappa shape index (κ3) is 2.10. The van der Waals surface area contributed by atoms with E-state index in [1.165, 1.54) is 0 Å². The summed E-state index contributed by atoms with van der Waals surface area (Å²) in [6.07, 6.45) is 0. The summed E-state index contributed by atoms with van der Waals surface area (Å²) in [7, 11) is 0. The zero-order valence-electron chi connectivity index (χ0n) is 8.58. The van der Waals surface area contributed by atoms with Crippen LogP contribution in [-0.4, -0.2) is 25.7 Å². The van der Waals surface area contributed by atoms with Gasteiger partial charge in [-0.25, -0.2) is 0 Å². The molecule has 0 aromatic heterocycles. The number of fused-ring (bicyclic) bond motifs is 1. The van der Waals surface area contributed by atoms with Crippen LogP contribution in [0.2, 0.25) is 0 Å². The molecule has 1 aliphatic heterocycles. The molecule has 0 saturated carbocycles. The Morgan fingerprint density at radius 1 is 1.40 bits per heavy atom. The first-order chi connectivity index (χ1) is 7.31. The number of benzene rings is 1. The number of hydrogen-bond acceptors (Lipinski definition) is 4. The number of nitrogens with one attached hydrogen (secondary N) is 1. The highest BCUT2D eigenvalue weighted by molar-refractivity contribution is 5.98. The summed E-state index contributed by atoms with van der Waals surface area (Å²) in [5.41, 5.74) is 0.653. The van der Waals surface area contributed by atoms with Crippen molar-refractivity contribution in [3.8, 4) is 11.5 Å². The lowest BCUT2D eigenvalue weighted by atomic mass is 10.1. The van der Waals surface area contributed by atoms with Crippen LogP contribution < -0.4 is 14.8 Å². The molecular formula is C11H13NO3. The molecule has 0 aliphatic carbocycles. The summed E-state index contributed by atoms with van der Waals surface area (Å²) in [6.45, 7) is 3.35. The van der Waals surface area contributed by atoms with Gasteiger partial charge in [0.1, 0.15) is 0 Å². The molecule has 0 radical (unpaired) electrons. The summed E-state index contributed by atoms with van der Waals surface area (Å²) >= 11 is 0. The van der Waals surface area contributed by atoms with Gasteiger partial charge in [0.05, 0.1) is 6.54 Å². The van der Waals surface area contributed by atoms with Gasteiger partial charge in [0.25, 0.3) is 0 Å². The highest BCUT2D eigenvalue weighted by Gasteiger charge is 2.15. The topological polar surface area (TPSA) is 47.6 Å². The maximum atomic E-state index is 11.6.